The Balaban J connectivity index is 1.41. The standard InChI is InChI=1S/C29H27Cl2FN4O4/c1-39-23-10-16(19(33)9-17(23)27(37)40-2)21-11-22-26(34-21)24(15-4-3-5-18(31)25(15)32)29(36-22)12-13-6-7-14(30)8-20(13)35-28(29)38/h3-10,21-22,24,26,34,36H,11-12,33H2,1-2H3,(H,35,38)/t21?,22-,24-,26+,29+/m0/s1. The van der Waals surface area contributed by atoms with E-state index in [0.717, 1.165) is 11.1 Å². The van der Waals surface area contributed by atoms with Crippen LogP contribution in [0.5, 0.6) is 5.75 Å². The van der Waals surface area contributed by atoms with Crippen molar-refractivity contribution in [3.8, 4) is 5.75 Å². The van der Waals surface area contributed by atoms with Crippen molar-refractivity contribution in [3.05, 3.63) is 86.6 Å². The van der Waals surface area contributed by atoms with Crippen molar-refractivity contribution in [3.63, 3.8) is 0 Å². The van der Waals surface area contributed by atoms with E-state index in [9.17, 15) is 9.59 Å². The van der Waals surface area contributed by atoms with E-state index in [1.807, 2.05) is 6.07 Å². The highest BCUT2D eigenvalue weighted by molar-refractivity contribution is 6.31. The van der Waals surface area contributed by atoms with Gasteiger partial charge in [0.05, 0.1) is 19.2 Å². The average molecular weight is 585 g/mol. The molecule has 0 bridgehead atoms. The van der Waals surface area contributed by atoms with Gasteiger partial charge in [0.1, 0.15) is 22.7 Å². The second kappa shape index (κ2) is 9.92. The van der Waals surface area contributed by atoms with Gasteiger partial charge in [-0.15, -0.1) is 0 Å². The molecule has 3 aliphatic heterocycles. The zero-order valence-corrected chi connectivity index (χ0v) is 23.2. The minimum absolute atomic E-state index is 0.0126. The topological polar surface area (TPSA) is 115 Å². The smallest absolute Gasteiger partial charge is 0.341 e. The van der Waals surface area contributed by atoms with Crippen LogP contribution in [-0.2, 0) is 16.0 Å². The Hall–Kier alpha value is -3.37. The van der Waals surface area contributed by atoms with Crippen molar-refractivity contribution in [1.82, 2.24) is 10.6 Å². The van der Waals surface area contributed by atoms with Gasteiger partial charge in [-0.2, -0.15) is 0 Å². The number of amides is 1. The molecule has 0 saturated carbocycles. The highest BCUT2D eigenvalue weighted by Gasteiger charge is 2.62. The quantitative estimate of drug-likeness (QED) is 0.261. The normalized spacial score (nSPS) is 26.8. The van der Waals surface area contributed by atoms with Crippen LogP contribution in [0.4, 0.5) is 15.8 Å². The average Bonchev–Trinajstić information content (AvgIpc) is 3.46. The van der Waals surface area contributed by atoms with Crippen LogP contribution < -0.4 is 26.4 Å². The maximum Gasteiger partial charge on any atom is 0.341 e. The van der Waals surface area contributed by atoms with Crippen molar-refractivity contribution < 1.29 is 23.5 Å². The van der Waals surface area contributed by atoms with Crippen LogP contribution in [0.2, 0.25) is 10.0 Å². The van der Waals surface area contributed by atoms with Crippen LogP contribution in [0, 0.1) is 5.82 Å². The molecule has 2 saturated heterocycles. The number of anilines is 2. The molecule has 3 aromatic carbocycles. The number of carbonyl (C=O) groups is 2. The monoisotopic (exact) mass is 584 g/mol. The maximum absolute atomic E-state index is 15.6. The summed E-state index contributed by atoms with van der Waals surface area (Å²) in [4.78, 5) is 26.1. The Morgan fingerprint density at radius 1 is 1.12 bits per heavy atom. The van der Waals surface area contributed by atoms with Gasteiger partial charge in [-0.25, -0.2) is 9.18 Å². The summed E-state index contributed by atoms with van der Waals surface area (Å²) in [5, 5.41) is 10.7. The van der Waals surface area contributed by atoms with Gasteiger partial charge in [-0.1, -0.05) is 41.4 Å². The second-order valence-corrected chi connectivity index (χ2v) is 11.3. The summed E-state index contributed by atoms with van der Waals surface area (Å²) in [6.07, 6.45) is 0.891. The van der Waals surface area contributed by atoms with Gasteiger partial charge in [0, 0.05) is 46.9 Å². The van der Waals surface area contributed by atoms with Gasteiger partial charge < -0.3 is 25.8 Å². The summed E-state index contributed by atoms with van der Waals surface area (Å²) >= 11 is 12.4. The van der Waals surface area contributed by atoms with Crippen molar-refractivity contribution in [2.24, 2.45) is 0 Å². The third kappa shape index (κ3) is 4.11. The molecule has 11 heteroatoms. The Morgan fingerprint density at radius 3 is 2.67 bits per heavy atom. The summed E-state index contributed by atoms with van der Waals surface area (Å²) in [6.45, 7) is 0. The number of nitrogens with one attached hydrogen (secondary N) is 3. The van der Waals surface area contributed by atoms with Gasteiger partial charge in [0.25, 0.3) is 0 Å². The third-order valence-corrected chi connectivity index (χ3v) is 8.87. The minimum Gasteiger partial charge on any atom is -0.496 e. The molecule has 5 N–H and O–H groups in total. The number of rotatable bonds is 4. The fourth-order valence-corrected chi connectivity index (χ4v) is 6.97. The lowest BCUT2D eigenvalue weighted by Gasteiger charge is -2.40. The van der Waals surface area contributed by atoms with E-state index in [1.165, 1.54) is 26.4 Å². The molecule has 5 atom stereocenters. The first-order valence-corrected chi connectivity index (χ1v) is 13.6. The number of benzene rings is 3. The molecule has 8 nitrogen and oxygen atoms in total. The van der Waals surface area contributed by atoms with Crippen molar-refractivity contribution in [2.45, 2.75) is 42.4 Å². The van der Waals surface area contributed by atoms with Crippen LogP contribution >= 0.6 is 23.2 Å². The lowest BCUT2D eigenvalue weighted by atomic mass is 9.72. The third-order valence-electron chi connectivity index (χ3n) is 8.35. The van der Waals surface area contributed by atoms with E-state index in [4.69, 9.17) is 38.4 Å². The largest absolute Gasteiger partial charge is 0.496 e. The number of ether oxygens (including phenoxy) is 2. The highest BCUT2D eigenvalue weighted by atomic mass is 35.5. The first-order valence-electron chi connectivity index (χ1n) is 12.8. The van der Waals surface area contributed by atoms with Crippen molar-refractivity contribution in [2.75, 3.05) is 25.3 Å². The van der Waals surface area contributed by atoms with Crippen LogP contribution in [0.15, 0.2) is 48.5 Å². The number of carbonyl (C=O) groups excluding carboxylic acids is 2. The molecule has 3 aromatic rings. The molecule has 0 radical (unpaired) electrons. The molecule has 1 spiro atoms. The molecular weight excluding hydrogens is 558 g/mol. The molecule has 1 amide bonds. The molecule has 0 aliphatic carbocycles. The van der Waals surface area contributed by atoms with Crippen molar-refractivity contribution >= 4 is 46.5 Å². The molecule has 0 aromatic heterocycles. The van der Waals surface area contributed by atoms with Gasteiger partial charge in [0.15, 0.2) is 0 Å². The number of esters is 1. The molecule has 40 heavy (non-hydrogen) atoms. The van der Waals surface area contributed by atoms with Crippen LogP contribution in [-0.4, -0.2) is 43.7 Å². The molecule has 1 unspecified atom stereocenters. The Morgan fingerprint density at radius 2 is 1.93 bits per heavy atom. The fraction of sp³-hybridized carbons (Fsp3) is 0.310. The summed E-state index contributed by atoms with van der Waals surface area (Å²) in [5.74, 6) is -1.65. The molecule has 2 fully saturated rings. The summed E-state index contributed by atoms with van der Waals surface area (Å²) in [6, 6.07) is 12.7. The Labute approximate surface area is 240 Å². The van der Waals surface area contributed by atoms with Crippen LogP contribution in [0.1, 0.15) is 45.4 Å². The lowest BCUT2D eigenvalue weighted by Crippen LogP contribution is -2.59. The highest BCUT2D eigenvalue weighted by Crippen LogP contribution is 2.51. The fourth-order valence-electron chi connectivity index (χ4n) is 6.61. The number of hydrogen-bond donors (Lipinski definition) is 4. The van der Waals surface area contributed by atoms with Crippen LogP contribution in [0.3, 0.4) is 0 Å². The number of nitrogen functional groups attached to an aromatic ring is 1. The lowest BCUT2D eigenvalue weighted by molar-refractivity contribution is -0.123. The molecule has 6 rings (SSSR count). The summed E-state index contributed by atoms with van der Waals surface area (Å²) in [5.41, 5.74) is 8.49. The second-order valence-electron chi connectivity index (χ2n) is 10.4. The number of methoxy groups -OCH3 is 2. The predicted octanol–water partition coefficient (Wildman–Crippen LogP) is 4.60. The first-order chi connectivity index (χ1) is 19.2. The zero-order valence-electron chi connectivity index (χ0n) is 21.7. The van der Waals surface area contributed by atoms with E-state index in [1.54, 1.807) is 30.3 Å². The van der Waals surface area contributed by atoms with E-state index < -0.39 is 23.2 Å². The van der Waals surface area contributed by atoms with Gasteiger partial charge >= 0.3 is 5.97 Å². The Bertz CT molecular complexity index is 1550. The van der Waals surface area contributed by atoms with Crippen molar-refractivity contribution in [1.29, 1.82) is 0 Å². The summed E-state index contributed by atoms with van der Waals surface area (Å²) < 4.78 is 26.0. The molecule has 208 valence electrons. The Kier molecular flexibility index (Phi) is 6.65. The molecule has 3 aliphatic rings. The van der Waals surface area contributed by atoms with Crippen LogP contribution in [0.25, 0.3) is 0 Å². The van der Waals surface area contributed by atoms with Gasteiger partial charge in [-0.05, 0) is 53.4 Å². The summed E-state index contributed by atoms with van der Waals surface area (Å²) in [7, 11) is 2.76. The zero-order chi connectivity index (χ0) is 28.3. The number of nitrogens with two attached hydrogens (primary N) is 1. The molecule has 3 heterocycles. The van der Waals surface area contributed by atoms with E-state index in [-0.39, 0.29) is 34.6 Å². The van der Waals surface area contributed by atoms with E-state index in [2.05, 4.69) is 16.0 Å². The van der Waals surface area contributed by atoms with E-state index in [0.29, 0.717) is 40.6 Å². The minimum atomic E-state index is -1.14. The number of hydrogen-bond acceptors (Lipinski definition) is 7. The van der Waals surface area contributed by atoms with E-state index >= 15 is 4.39 Å². The number of halogens is 3. The molecular formula is C29H27Cl2FN4O4. The first kappa shape index (κ1) is 26.8. The van der Waals surface area contributed by atoms with Gasteiger partial charge in [-0.3, -0.25) is 10.1 Å². The SMILES string of the molecule is COC(=O)c1cc(N)c(C2C[C@@H]3N[C@]4(Cc5ccc(Cl)cc5NC4=O)[C@@H](c4cccc(Cl)c4F)[C@@H]3N2)cc1OC. The predicted molar refractivity (Wildman–Crippen MR) is 151 cm³/mol. The number of fused-ring (bicyclic) bond motifs is 2. The van der Waals surface area contributed by atoms with Gasteiger partial charge in [0.2, 0.25) is 5.91 Å². The maximum atomic E-state index is 15.6.